The Hall–Kier alpha value is -1.30. The molecule has 0 saturated carbocycles. The van der Waals surface area contributed by atoms with Gasteiger partial charge in [-0.3, -0.25) is 9.69 Å². The summed E-state index contributed by atoms with van der Waals surface area (Å²) >= 11 is 0. The molecule has 0 unspecified atom stereocenters. The molecule has 1 N–H and O–H groups in total. The second kappa shape index (κ2) is 6.67. The highest BCUT2D eigenvalue weighted by Gasteiger charge is 2.38. The molecule has 0 radical (unpaired) electrons. The van der Waals surface area contributed by atoms with Crippen LogP contribution in [-0.2, 0) is 9.53 Å². The van der Waals surface area contributed by atoms with Crippen LogP contribution in [0.5, 0.6) is 0 Å². The molecule has 2 heterocycles. The highest BCUT2D eigenvalue weighted by molar-refractivity contribution is 5.89. The Bertz CT molecular complexity index is 456. The number of carbonyl (C=O) groups is 2. The van der Waals surface area contributed by atoms with Gasteiger partial charge >= 0.3 is 6.09 Å². The minimum Gasteiger partial charge on any atom is -0.444 e. The number of fused-ring (bicyclic) bond motifs is 1. The maximum atomic E-state index is 12.9. The Morgan fingerprint density at radius 1 is 1.04 bits per heavy atom. The van der Waals surface area contributed by atoms with Crippen LogP contribution in [0, 0.1) is 0 Å². The van der Waals surface area contributed by atoms with Gasteiger partial charge in [0, 0.05) is 25.7 Å². The van der Waals surface area contributed by atoms with Crippen molar-refractivity contribution < 1.29 is 14.3 Å². The number of ether oxygens (including phenoxy) is 1. The third kappa shape index (κ3) is 4.83. The first-order valence-corrected chi connectivity index (χ1v) is 8.63. The number of carbonyl (C=O) groups excluding carboxylic acids is 2. The molecule has 6 nitrogen and oxygen atoms in total. The minimum atomic E-state index is -0.962. The van der Waals surface area contributed by atoms with Crippen molar-refractivity contribution in [3.63, 3.8) is 0 Å². The van der Waals surface area contributed by atoms with Gasteiger partial charge in [0.2, 0.25) is 5.91 Å². The van der Waals surface area contributed by atoms with Crippen LogP contribution in [0.4, 0.5) is 4.79 Å². The molecule has 0 aromatic carbocycles. The molecule has 0 aromatic heterocycles. The Morgan fingerprint density at radius 3 is 2.35 bits per heavy atom. The van der Waals surface area contributed by atoms with Gasteiger partial charge in [-0.05, 0) is 60.4 Å². The molecule has 2 aliphatic heterocycles. The van der Waals surface area contributed by atoms with Gasteiger partial charge in [0.15, 0.2) is 0 Å². The summed E-state index contributed by atoms with van der Waals surface area (Å²) in [6.07, 6.45) is 2.81. The third-order valence-electron chi connectivity index (χ3n) is 4.44. The van der Waals surface area contributed by atoms with Crippen molar-refractivity contribution in [1.29, 1.82) is 0 Å². The van der Waals surface area contributed by atoms with Gasteiger partial charge in [0.25, 0.3) is 0 Å². The van der Waals surface area contributed by atoms with E-state index >= 15 is 0 Å². The maximum Gasteiger partial charge on any atom is 0.408 e. The number of nitrogens with zero attached hydrogens (tertiary/aromatic N) is 2. The van der Waals surface area contributed by atoms with Crippen molar-refractivity contribution in [1.82, 2.24) is 15.1 Å². The Labute approximate surface area is 139 Å². The van der Waals surface area contributed by atoms with Gasteiger partial charge in [0.1, 0.15) is 11.1 Å². The van der Waals surface area contributed by atoms with Crippen LogP contribution >= 0.6 is 0 Å². The lowest BCUT2D eigenvalue weighted by molar-refractivity contribution is -0.137. The van der Waals surface area contributed by atoms with Crippen LogP contribution in [0.25, 0.3) is 0 Å². The number of hydrogen-bond acceptors (Lipinski definition) is 4. The predicted octanol–water partition coefficient (Wildman–Crippen LogP) is 1.99. The zero-order chi connectivity index (χ0) is 17.3. The summed E-state index contributed by atoms with van der Waals surface area (Å²) in [4.78, 5) is 29.3. The van der Waals surface area contributed by atoms with Crippen LogP contribution in [0.1, 0.15) is 53.9 Å². The first-order valence-electron chi connectivity index (χ1n) is 8.63. The van der Waals surface area contributed by atoms with E-state index in [2.05, 4.69) is 10.2 Å². The van der Waals surface area contributed by atoms with E-state index in [1.54, 1.807) is 13.8 Å². The monoisotopic (exact) mass is 325 g/mol. The highest BCUT2D eigenvalue weighted by Crippen LogP contribution is 2.23. The summed E-state index contributed by atoms with van der Waals surface area (Å²) in [5.74, 6) is -0.0305. The van der Waals surface area contributed by atoms with Gasteiger partial charge < -0.3 is 15.0 Å². The fourth-order valence-corrected chi connectivity index (χ4v) is 3.40. The molecule has 2 fully saturated rings. The molecule has 2 saturated heterocycles. The minimum absolute atomic E-state index is 0.0305. The molecular weight excluding hydrogens is 294 g/mol. The fraction of sp³-hybridized carbons (Fsp3) is 0.882. The van der Waals surface area contributed by atoms with Gasteiger partial charge in [-0.15, -0.1) is 0 Å². The summed E-state index contributed by atoms with van der Waals surface area (Å²) in [5, 5.41) is 2.72. The number of hydrogen-bond donors (Lipinski definition) is 1. The van der Waals surface area contributed by atoms with Gasteiger partial charge in [-0.25, -0.2) is 4.79 Å². The van der Waals surface area contributed by atoms with Crippen molar-refractivity contribution in [2.75, 3.05) is 26.2 Å². The molecule has 0 aliphatic carbocycles. The van der Waals surface area contributed by atoms with E-state index in [1.165, 1.54) is 6.42 Å². The SMILES string of the molecule is CC(C)(C)OC(=O)NC(C)(C)C(=O)N1CCCN2CCC[C@H]2C1. The van der Waals surface area contributed by atoms with Gasteiger partial charge in [-0.1, -0.05) is 0 Å². The van der Waals surface area contributed by atoms with Gasteiger partial charge in [0.05, 0.1) is 0 Å². The van der Waals surface area contributed by atoms with E-state index in [4.69, 9.17) is 4.74 Å². The summed E-state index contributed by atoms with van der Waals surface area (Å²) in [7, 11) is 0. The number of rotatable bonds is 2. The van der Waals surface area contributed by atoms with Gasteiger partial charge in [-0.2, -0.15) is 0 Å². The average Bonchev–Trinajstić information content (AvgIpc) is 2.72. The maximum absolute atomic E-state index is 12.9. The summed E-state index contributed by atoms with van der Waals surface area (Å²) < 4.78 is 5.28. The average molecular weight is 325 g/mol. The predicted molar refractivity (Wildman–Crippen MR) is 89.2 cm³/mol. The number of amides is 2. The van der Waals surface area contributed by atoms with E-state index in [0.717, 1.165) is 39.0 Å². The summed E-state index contributed by atoms with van der Waals surface area (Å²) in [5.41, 5.74) is -1.54. The zero-order valence-corrected chi connectivity index (χ0v) is 15.1. The second-order valence-electron chi connectivity index (χ2n) is 8.19. The molecule has 132 valence electrons. The molecular formula is C17H31N3O3. The zero-order valence-electron chi connectivity index (χ0n) is 15.1. The topological polar surface area (TPSA) is 61.9 Å². The van der Waals surface area contributed by atoms with Crippen LogP contribution in [0.3, 0.4) is 0 Å². The Balaban J connectivity index is 1.98. The smallest absolute Gasteiger partial charge is 0.408 e. The third-order valence-corrected chi connectivity index (χ3v) is 4.44. The van der Waals surface area contributed by atoms with Crippen molar-refractivity contribution in [3.8, 4) is 0 Å². The number of nitrogens with one attached hydrogen (secondary N) is 1. The Kier molecular flexibility index (Phi) is 5.23. The van der Waals surface area contributed by atoms with E-state index in [9.17, 15) is 9.59 Å². The Morgan fingerprint density at radius 2 is 1.70 bits per heavy atom. The lowest BCUT2D eigenvalue weighted by Gasteiger charge is -2.34. The lowest BCUT2D eigenvalue weighted by Crippen LogP contribution is -2.57. The van der Waals surface area contributed by atoms with E-state index in [1.807, 2.05) is 25.7 Å². The molecule has 2 amide bonds. The molecule has 0 aromatic rings. The van der Waals surface area contributed by atoms with Crippen molar-refractivity contribution in [3.05, 3.63) is 0 Å². The lowest BCUT2D eigenvalue weighted by atomic mass is 10.0. The number of alkyl carbamates (subject to hydrolysis) is 1. The van der Waals surface area contributed by atoms with E-state index < -0.39 is 17.2 Å². The molecule has 2 rings (SSSR count). The first-order chi connectivity index (χ1) is 10.6. The van der Waals surface area contributed by atoms with Crippen molar-refractivity contribution in [2.24, 2.45) is 0 Å². The van der Waals surface area contributed by atoms with Crippen molar-refractivity contribution in [2.45, 2.75) is 71.1 Å². The van der Waals surface area contributed by atoms with Crippen molar-refractivity contribution >= 4 is 12.0 Å². The molecule has 1 atom stereocenters. The highest BCUT2D eigenvalue weighted by atomic mass is 16.6. The van der Waals surface area contributed by atoms with Crippen LogP contribution in [0.15, 0.2) is 0 Å². The van der Waals surface area contributed by atoms with Crippen LogP contribution in [0.2, 0.25) is 0 Å². The first kappa shape index (κ1) is 18.0. The fourth-order valence-electron chi connectivity index (χ4n) is 3.40. The molecule has 0 spiro atoms. The largest absolute Gasteiger partial charge is 0.444 e. The molecule has 0 bridgehead atoms. The molecule has 6 heteroatoms. The summed E-state index contributed by atoms with van der Waals surface area (Å²) in [6, 6.07) is 0.471. The molecule has 2 aliphatic rings. The van der Waals surface area contributed by atoms with E-state index in [0.29, 0.717) is 6.04 Å². The van der Waals surface area contributed by atoms with Crippen LogP contribution < -0.4 is 5.32 Å². The quantitative estimate of drug-likeness (QED) is 0.843. The van der Waals surface area contributed by atoms with E-state index in [-0.39, 0.29) is 5.91 Å². The van der Waals surface area contributed by atoms with Crippen LogP contribution in [-0.4, -0.2) is 65.2 Å². The molecule has 23 heavy (non-hydrogen) atoms. The normalized spacial score (nSPS) is 23.2. The second-order valence-corrected chi connectivity index (χ2v) is 8.19. The standard InChI is InChI=1S/C17H31N3O3/c1-16(2,3)23-15(22)18-17(4,5)14(21)20-11-7-10-19-9-6-8-13(19)12-20/h13H,6-12H2,1-5H3,(H,18,22)/t13-/m0/s1. The summed E-state index contributed by atoms with van der Waals surface area (Å²) in [6.45, 7) is 12.7.